The second kappa shape index (κ2) is 9.94. The molecule has 1 aliphatic heterocycles. The first-order valence-electron chi connectivity index (χ1n) is 10.5. The molecular weight excluding hydrogens is 487 g/mol. The molecule has 0 atom stereocenters. The van der Waals surface area contributed by atoms with E-state index in [-0.39, 0.29) is 5.91 Å². The number of furan rings is 1. The van der Waals surface area contributed by atoms with Crippen LogP contribution < -0.4 is 0 Å². The molecule has 0 spiro atoms. The van der Waals surface area contributed by atoms with Crippen LogP contribution in [-0.2, 0) is 11.3 Å². The van der Waals surface area contributed by atoms with Gasteiger partial charge in [0.05, 0.1) is 27.2 Å². The van der Waals surface area contributed by atoms with E-state index in [0.717, 1.165) is 16.8 Å². The SMILES string of the molecule is O=C1C(=Cc2ccc(-c3ccc(Cl)c(Cl)c3)o2)SC(=Nc2ccccc2)N1Cc1ccccc1. The van der Waals surface area contributed by atoms with Crippen molar-refractivity contribution < 1.29 is 9.21 Å². The number of halogens is 2. The number of nitrogens with zero attached hydrogens (tertiary/aromatic N) is 2. The second-order valence-corrected chi connectivity index (χ2v) is 9.37. The number of thioether (sulfide) groups is 1. The van der Waals surface area contributed by atoms with Crippen LogP contribution in [0.3, 0.4) is 0 Å². The van der Waals surface area contributed by atoms with E-state index in [2.05, 4.69) is 0 Å². The first kappa shape index (κ1) is 22.5. The van der Waals surface area contributed by atoms with Crippen molar-refractivity contribution in [2.75, 3.05) is 0 Å². The number of aliphatic imine (C=N–C) groups is 1. The summed E-state index contributed by atoms with van der Waals surface area (Å²) in [4.78, 5) is 20.3. The Hall–Kier alpha value is -3.25. The molecule has 0 saturated carbocycles. The first-order valence-corrected chi connectivity index (χ1v) is 12.1. The van der Waals surface area contributed by atoms with Gasteiger partial charge < -0.3 is 4.42 Å². The van der Waals surface area contributed by atoms with Crippen LogP contribution in [0.1, 0.15) is 11.3 Å². The van der Waals surface area contributed by atoms with Gasteiger partial charge >= 0.3 is 0 Å². The molecule has 1 fully saturated rings. The van der Waals surface area contributed by atoms with E-state index >= 15 is 0 Å². The summed E-state index contributed by atoms with van der Waals surface area (Å²) in [6, 6.07) is 28.5. The molecule has 0 N–H and O–H groups in total. The Kier molecular flexibility index (Phi) is 6.59. The van der Waals surface area contributed by atoms with Gasteiger partial charge in [0.1, 0.15) is 11.5 Å². The van der Waals surface area contributed by atoms with Crippen LogP contribution in [0.5, 0.6) is 0 Å². The van der Waals surface area contributed by atoms with Gasteiger partial charge in [-0.3, -0.25) is 9.69 Å². The van der Waals surface area contributed by atoms with Gasteiger partial charge in [0, 0.05) is 11.6 Å². The minimum Gasteiger partial charge on any atom is -0.457 e. The fraction of sp³-hybridized carbons (Fsp3) is 0.0370. The third kappa shape index (κ3) is 4.97. The third-order valence-electron chi connectivity index (χ3n) is 5.16. The van der Waals surface area contributed by atoms with Gasteiger partial charge in [0.15, 0.2) is 5.17 Å². The maximum absolute atomic E-state index is 13.4. The fourth-order valence-electron chi connectivity index (χ4n) is 3.47. The molecule has 0 unspecified atom stereocenters. The normalized spacial score (nSPS) is 16.1. The van der Waals surface area contributed by atoms with E-state index in [4.69, 9.17) is 32.6 Å². The van der Waals surface area contributed by atoms with Gasteiger partial charge in [-0.2, -0.15) is 0 Å². The Balaban J connectivity index is 1.46. The van der Waals surface area contributed by atoms with Gasteiger partial charge in [-0.05, 0) is 59.8 Å². The molecule has 5 rings (SSSR count). The zero-order valence-electron chi connectivity index (χ0n) is 17.8. The lowest BCUT2D eigenvalue weighted by atomic mass is 10.2. The topological polar surface area (TPSA) is 45.8 Å². The molecule has 4 nitrogen and oxygen atoms in total. The summed E-state index contributed by atoms with van der Waals surface area (Å²) >= 11 is 13.5. The van der Waals surface area contributed by atoms with Crippen LogP contribution >= 0.6 is 35.0 Å². The minimum absolute atomic E-state index is 0.115. The van der Waals surface area contributed by atoms with Crippen molar-refractivity contribution in [3.05, 3.63) is 117 Å². The van der Waals surface area contributed by atoms with E-state index in [0.29, 0.717) is 38.2 Å². The molecule has 1 amide bonds. The maximum atomic E-state index is 13.4. The molecule has 0 aliphatic carbocycles. The molecule has 4 aromatic rings. The zero-order valence-corrected chi connectivity index (χ0v) is 20.1. The average molecular weight is 505 g/mol. The number of amides is 1. The van der Waals surface area contributed by atoms with Gasteiger partial charge in [-0.15, -0.1) is 0 Å². The molecule has 2 heterocycles. The lowest BCUT2D eigenvalue weighted by molar-refractivity contribution is -0.122. The Labute approximate surface area is 211 Å². The standard InChI is InChI=1S/C27H18Cl2N2O2S/c28-22-13-11-19(15-23(22)29)24-14-12-21(33-24)16-25-26(32)31(17-18-7-3-1-4-8-18)27(34-25)30-20-9-5-2-6-10-20/h1-16H,17H2. The summed E-state index contributed by atoms with van der Waals surface area (Å²) in [5, 5.41) is 1.56. The lowest BCUT2D eigenvalue weighted by Crippen LogP contribution is -2.28. The van der Waals surface area contributed by atoms with Crippen molar-refractivity contribution in [3.8, 4) is 11.3 Å². The quantitative estimate of drug-likeness (QED) is 0.258. The van der Waals surface area contributed by atoms with E-state index in [1.165, 1.54) is 11.8 Å². The highest BCUT2D eigenvalue weighted by Gasteiger charge is 2.33. The Bertz CT molecular complexity index is 1400. The number of carbonyl (C=O) groups is 1. The monoisotopic (exact) mass is 504 g/mol. The van der Waals surface area contributed by atoms with Crippen LogP contribution in [-0.4, -0.2) is 16.0 Å². The Morgan fingerprint density at radius 2 is 1.62 bits per heavy atom. The molecule has 1 aromatic heterocycles. The van der Waals surface area contributed by atoms with Crippen LogP contribution in [0.2, 0.25) is 10.0 Å². The van der Waals surface area contributed by atoms with Crippen molar-refractivity contribution >= 4 is 57.8 Å². The molecular formula is C27H18Cl2N2O2S. The smallest absolute Gasteiger partial charge is 0.267 e. The summed E-state index contributed by atoms with van der Waals surface area (Å²) < 4.78 is 5.98. The Morgan fingerprint density at radius 1 is 0.882 bits per heavy atom. The minimum atomic E-state index is -0.115. The summed E-state index contributed by atoms with van der Waals surface area (Å²) in [6.07, 6.45) is 1.75. The average Bonchev–Trinajstić information content (AvgIpc) is 3.43. The highest BCUT2D eigenvalue weighted by Crippen LogP contribution is 2.36. The second-order valence-electron chi connectivity index (χ2n) is 7.55. The molecule has 0 bridgehead atoms. The van der Waals surface area contributed by atoms with Gasteiger partial charge in [-0.1, -0.05) is 71.7 Å². The highest BCUT2D eigenvalue weighted by molar-refractivity contribution is 8.18. The number of para-hydroxylation sites is 1. The maximum Gasteiger partial charge on any atom is 0.267 e. The highest BCUT2D eigenvalue weighted by atomic mass is 35.5. The van der Waals surface area contributed by atoms with E-state index in [1.807, 2.05) is 78.9 Å². The lowest BCUT2D eigenvalue weighted by Gasteiger charge is -2.15. The molecule has 1 aliphatic rings. The predicted octanol–water partition coefficient (Wildman–Crippen LogP) is 8.06. The number of amidine groups is 1. The number of carbonyl (C=O) groups excluding carboxylic acids is 1. The van der Waals surface area contributed by atoms with Crippen molar-refractivity contribution in [1.29, 1.82) is 0 Å². The van der Waals surface area contributed by atoms with Crippen molar-refractivity contribution in [1.82, 2.24) is 4.90 Å². The van der Waals surface area contributed by atoms with Gasteiger partial charge in [-0.25, -0.2) is 4.99 Å². The summed E-state index contributed by atoms with van der Waals surface area (Å²) in [7, 11) is 0. The molecule has 0 radical (unpaired) electrons. The largest absolute Gasteiger partial charge is 0.457 e. The third-order valence-corrected chi connectivity index (χ3v) is 6.90. The summed E-state index contributed by atoms with van der Waals surface area (Å²) in [6.45, 7) is 0.433. The predicted molar refractivity (Wildman–Crippen MR) is 140 cm³/mol. The molecule has 7 heteroatoms. The fourth-order valence-corrected chi connectivity index (χ4v) is 4.75. The molecule has 34 heavy (non-hydrogen) atoms. The first-order chi connectivity index (χ1) is 16.6. The summed E-state index contributed by atoms with van der Waals surface area (Å²) in [5.41, 5.74) is 2.62. The van der Waals surface area contributed by atoms with Crippen LogP contribution in [0, 0.1) is 0 Å². The van der Waals surface area contributed by atoms with E-state index in [9.17, 15) is 4.79 Å². The van der Waals surface area contributed by atoms with Crippen molar-refractivity contribution in [2.45, 2.75) is 6.54 Å². The van der Waals surface area contributed by atoms with Crippen molar-refractivity contribution in [2.24, 2.45) is 4.99 Å². The number of hydrogen-bond acceptors (Lipinski definition) is 4. The molecule has 1 saturated heterocycles. The van der Waals surface area contributed by atoms with Gasteiger partial charge in [0.25, 0.3) is 5.91 Å². The number of benzene rings is 3. The zero-order chi connectivity index (χ0) is 23.5. The van der Waals surface area contributed by atoms with E-state index in [1.54, 1.807) is 23.1 Å². The Morgan fingerprint density at radius 3 is 2.35 bits per heavy atom. The van der Waals surface area contributed by atoms with Crippen LogP contribution in [0.25, 0.3) is 17.4 Å². The molecule has 3 aromatic carbocycles. The molecule has 168 valence electrons. The van der Waals surface area contributed by atoms with E-state index < -0.39 is 0 Å². The van der Waals surface area contributed by atoms with Crippen LogP contribution in [0.4, 0.5) is 5.69 Å². The van der Waals surface area contributed by atoms with Crippen molar-refractivity contribution in [3.63, 3.8) is 0 Å². The number of hydrogen-bond donors (Lipinski definition) is 0. The summed E-state index contributed by atoms with van der Waals surface area (Å²) in [5.74, 6) is 1.09. The number of rotatable bonds is 5. The van der Waals surface area contributed by atoms with Crippen LogP contribution in [0.15, 0.2) is 105 Å². The van der Waals surface area contributed by atoms with Gasteiger partial charge in [0.2, 0.25) is 0 Å².